The number of nitrogens with two attached hydrogens (primary N) is 1. The van der Waals surface area contributed by atoms with Gasteiger partial charge in [0.2, 0.25) is 0 Å². The minimum atomic E-state index is -0.660. The van der Waals surface area contributed by atoms with Crippen LogP contribution < -0.4 is 5.73 Å². The maximum absolute atomic E-state index is 13.3. The van der Waals surface area contributed by atoms with Gasteiger partial charge in [-0.05, 0) is 31.0 Å². The molecule has 0 spiro atoms. The maximum Gasteiger partial charge on any atom is 0.173 e. The van der Waals surface area contributed by atoms with E-state index in [0.29, 0.717) is 29.4 Å². The summed E-state index contributed by atoms with van der Waals surface area (Å²) >= 11 is 2.96. The van der Waals surface area contributed by atoms with E-state index in [0.717, 1.165) is 39.6 Å². The molecule has 0 aliphatic carbocycles. The highest BCUT2D eigenvalue weighted by molar-refractivity contribution is 7.18. The van der Waals surface area contributed by atoms with Crippen molar-refractivity contribution in [2.75, 3.05) is 18.8 Å². The molecule has 8 heteroatoms. The normalized spacial score (nSPS) is 16.3. The fraction of sp³-hybridized carbons (Fsp3) is 0.353. The Morgan fingerprint density at radius 1 is 1.28 bits per heavy atom. The first-order chi connectivity index (χ1) is 12.1. The van der Waals surface area contributed by atoms with Crippen molar-refractivity contribution >= 4 is 38.7 Å². The SMILES string of the molecule is N#Cc1ccc(-c2nc(N)c3cc(CN4CCC(F)CC4)sc3n2)s1. The molecular formula is C17H16FN5S2. The van der Waals surface area contributed by atoms with Gasteiger partial charge in [-0.25, -0.2) is 14.4 Å². The highest BCUT2D eigenvalue weighted by Gasteiger charge is 2.20. The van der Waals surface area contributed by atoms with Crippen molar-refractivity contribution in [3.05, 3.63) is 28.0 Å². The quantitative estimate of drug-likeness (QED) is 0.755. The number of rotatable bonds is 3. The number of nitrogens with zero attached hydrogens (tertiary/aromatic N) is 4. The van der Waals surface area contributed by atoms with Crippen LogP contribution >= 0.6 is 22.7 Å². The third kappa shape index (κ3) is 3.35. The zero-order valence-electron chi connectivity index (χ0n) is 13.4. The van der Waals surface area contributed by atoms with Gasteiger partial charge in [0.1, 0.15) is 27.8 Å². The fourth-order valence-corrected chi connectivity index (χ4v) is 4.79. The Morgan fingerprint density at radius 3 is 2.80 bits per heavy atom. The molecule has 25 heavy (non-hydrogen) atoms. The lowest BCUT2D eigenvalue weighted by Crippen LogP contribution is -2.33. The fourth-order valence-electron chi connectivity index (χ4n) is 2.98. The van der Waals surface area contributed by atoms with Crippen LogP contribution in [0.15, 0.2) is 18.2 Å². The molecule has 0 amide bonds. The van der Waals surface area contributed by atoms with Crippen LogP contribution in [0.25, 0.3) is 20.9 Å². The van der Waals surface area contributed by atoms with Crippen molar-refractivity contribution in [3.63, 3.8) is 0 Å². The number of nitrogen functional groups attached to an aromatic ring is 1. The standard InChI is InChI=1S/C17H16FN5S2/c18-10-3-5-23(6-4-10)9-12-7-13-15(20)21-16(22-17(13)25-12)14-2-1-11(8-19)24-14/h1-2,7,10H,3-6,9H2,(H2,20,21,22). The van der Waals surface area contributed by atoms with Crippen LogP contribution in [0, 0.1) is 11.3 Å². The van der Waals surface area contributed by atoms with Crippen LogP contribution in [-0.2, 0) is 6.54 Å². The summed E-state index contributed by atoms with van der Waals surface area (Å²) in [6.45, 7) is 2.36. The van der Waals surface area contributed by atoms with Crippen molar-refractivity contribution in [2.24, 2.45) is 0 Å². The lowest BCUT2D eigenvalue weighted by atomic mass is 10.1. The molecule has 0 atom stereocenters. The number of hydrogen-bond donors (Lipinski definition) is 1. The predicted octanol–water partition coefficient (Wildman–Crippen LogP) is 3.81. The molecule has 1 aliphatic rings. The molecule has 3 aromatic heterocycles. The summed E-state index contributed by atoms with van der Waals surface area (Å²) in [5.41, 5.74) is 6.13. The van der Waals surface area contributed by atoms with Gasteiger partial charge < -0.3 is 5.73 Å². The second-order valence-electron chi connectivity index (χ2n) is 6.09. The van der Waals surface area contributed by atoms with Gasteiger partial charge in [-0.3, -0.25) is 4.90 Å². The van der Waals surface area contributed by atoms with E-state index in [1.54, 1.807) is 17.4 Å². The zero-order chi connectivity index (χ0) is 17.4. The average molecular weight is 373 g/mol. The first-order valence-electron chi connectivity index (χ1n) is 8.05. The monoisotopic (exact) mass is 373 g/mol. The highest BCUT2D eigenvalue weighted by atomic mass is 32.1. The minimum Gasteiger partial charge on any atom is -0.383 e. The van der Waals surface area contributed by atoms with Crippen molar-refractivity contribution < 1.29 is 4.39 Å². The Kier molecular flexibility index (Phi) is 4.37. The molecule has 1 saturated heterocycles. The Bertz CT molecular complexity index is 950. The van der Waals surface area contributed by atoms with Gasteiger partial charge in [-0.1, -0.05) is 0 Å². The molecular weight excluding hydrogens is 357 g/mol. The molecule has 4 heterocycles. The average Bonchev–Trinajstić information content (AvgIpc) is 3.23. The summed E-state index contributed by atoms with van der Waals surface area (Å²) in [5, 5.41) is 9.83. The molecule has 0 saturated carbocycles. The van der Waals surface area contributed by atoms with E-state index in [4.69, 9.17) is 11.0 Å². The highest BCUT2D eigenvalue weighted by Crippen LogP contribution is 2.33. The van der Waals surface area contributed by atoms with Crippen molar-refractivity contribution in [2.45, 2.75) is 25.6 Å². The van der Waals surface area contributed by atoms with Crippen LogP contribution in [0.5, 0.6) is 0 Å². The van der Waals surface area contributed by atoms with E-state index in [9.17, 15) is 4.39 Å². The second kappa shape index (κ2) is 6.67. The first kappa shape index (κ1) is 16.4. The molecule has 3 aromatic rings. The van der Waals surface area contributed by atoms with E-state index >= 15 is 0 Å². The number of piperidine rings is 1. The van der Waals surface area contributed by atoms with E-state index in [-0.39, 0.29) is 0 Å². The van der Waals surface area contributed by atoms with Crippen molar-refractivity contribution in [1.29, 1.82) is 5.26 Å². The van der Waals surface area contributed by atoms with Gasteiger partial charge in [0.05, 0.1) is 10.3 Å². The number of aromatic nitrogens is 2. The largest absolute Gasteiger partial charge is 0.383 e. The summed E-state index contributed by atoms with van der Waals surface area (Å²) in [4.78, 5) is 14.8. The summed E-state index contributed by atoms with van der Waals surface area (Å²) < 4.78 is 13.3. The Labute approximate surface area is 152 Å². The molecule has 1 aliphatic heterocycles. The lowest BCUT2D eigenvalue weighted by Gasteiger charge is -2.27. The number of halogens is 1. The summed E-state index contributed by atoms with van der Waals surface area (Å²) in [6, 6.07) is 7.77. The summed E-state index contributed by atoms with van der Waals surface area (Å²) in [6.07, 6.45) is 0.555. The molecule has 1 fully saturated rings. The maximum atomic E-state index is 13.3. The number of hydrogen-bond acceptors (Lipinski definition) is 7. The van der Waals surface area contributed by atoms with E-state index < -0.39 is 6.17 Å². The number of alkyl halides is 1. The molecule has 0 unspecified atom stereocenters. The van der Waals surface area contributed by atoms with Crippen LogP contribution in [0.3, 0.4) is 0 Å². The van der Waals surface area contributed by atoms with Gasteiger partial charge in [-0.2, -0.15) is 5.26 Å². The van der Waals surface area contributed by atoms with Crippen LogP contribution in [0.4, 0.5) is 10.2 Å². The van der Waals surface area contributed by atoms with E-state index in [1.165, 1.54) is 11.3 Å². The second-order valence-corrected chi connectivity index (χ2v) is 8.29. The van der Waals surface area contributed by atoms with Gasteiger partial charge in [0.25, 0.3) is 0 Å². The van der Waals surface area contributed by atoms with Gasteiger partial charge in [-0.15, -0.1) is 22.7 Å². The van der Waals surface area contributed by atoms with Crippen molar-refractivity contribution in [1.82, 2.24) is 14.9 Å². The predicted molar refractivity (Wildman–Crippen MR) is 99.3 cm³/mol. The Balaban J connectivity index is 1.62. The summed E-state index contributed by atoms with van der Waals surface area (Å²) in [7, 11) is 0. The third-order valence-electron chi connectivity index (χ3n) is 4.31. The number of thiophene rings is 2. The van der Waals surface area contributed by atoms with Gasteiger partial charge >= 0.3 is 0 Å². The first-order valence-corrected chi connectivity index (χ1v) is 9.68. The Hall–Kier alpha value is -2.08. The lowest BCUT2D eigenvalue weighted by molar-refractivity contribution is 0.146. The molecule has 128 valence electrons. The minimum absolute atomic E-state index is 0.455. The zero-order valence-corrected chi connectivity index (χ0v) is 15.0. The number of fused-ring (bicyclic) bond motifs is 1. The molecule has 0 bridgehead atoms. The number of nitriles is 1. The topological polar surface area (TPSA) is 78.8 Å². The molecule has 2 N–H and O–H groups in total. The van der Waals surface area contributed by atoms with Crippen LogP contribution in [0.2, 0.25) is 0 Å². The molecule has 5 nitrogen and oxygen atoms in total. The van der Waals surface area contributed by atoms with E-state index in [1.807, 2.05) is 12.1 Å². The van der Waals surface area contributed by atoms with E-state index in [2.05, 4.69) is 20.9 Å². The molecule has 4 rings (SSSR count). The van der Waals surface area contributed by atoms with Crippen molar-refractivity contribution in [3.8, 4) is 16.8 Å². The van der Waals surface area contributed by atoms with Gasteiger partial charge in [0.15, 0.2) is 5.82 Å². The number of likely N-dealkylation sites (tertiary alicyclic amines) is 1. The number of anilines is 1. The van der Waals surface area contributed by atoms with Crippen LogP contribution in [-0.4, -0.2) is 34.1 Å². The third-order valence-corrected chi connectivity index (χ3v) is 6.31. The smallest absolute Gasteiger partial charge is 0.173 e. The Morgan fingerprint density at radius 2 is 2.08 bits per heavy atom. The summed E-state index contributed by atoms with van der Waals surface area (Å²) in [5.74, 6) is 1.01. The molecule has 0 aromatic carbocycles. The van der Waals surface area contributed by atoms with Crippen LogP contribution in [0.1, 0.15) is 22.6 Å². The van der Waals surface area contributed by atoms with Gasteiger partial charge in [0, 0.05) is 24.5 Å². The molecule has 0 radical (unpaired) electrons.